The van der Waals surface area contributed by atoms with E-state index in [0.29, 0.717) is 5.56 Å². The average Bonchev–Trinajstić information content (AvgIpc) is 2.64. The van der Waals surface area contributed by atoms with Gasteiger partial charge in [-0.05, 0) is 18.2 Å². The minimum Gasteiger partial charge on any atom is -0.409 e. The molecule has 0 atom stereocenters. The monoisotopic (exact) mass is 182 g/mol. The Bertz CT molecular complexity index is 468. The van der Waals surface area contributed by atoms with Crippen molar-refractivity contribution in [3.05, 3.63) is 36.2 Å². The molecular weight excluding hydrogens is 176 g/mol. The number of carbonyl (C=O) groups excluding carboxylic acids is 1. The van der Waals surface area contributed by atoms with Gasteiger partial charge in [-0.15, -0.1) is 0 Å². The predicted octanol–water partition coefficient (Wildman–Crippen LogP) is -0.233. The van der Waals surface area contributed by atoms with Crippen LogP contribution in [0, 0.1) is 0 Å². The highest BCUT2D eigenvalue weighted by molar-refractivity contribution is 6.89. The number of aromatic nitrogens is 2. The van der Waals surface area contributed by atoms with E-state index in [9.17, 15) is 4.79 Å². The second-order valence-electron chi connectivity index (χ2n) is 2.76. The molecule has 14 heavy (non-hydrogen) atoms. The summed E-state index contributed by atoms with van der Waals surface area (Å²) < 4.78 is 1.68. The van der Waals surface area contributed by atoms with Crippen LogP contribution in [-0.2, 0) is 0 Å². The van der Waals surface area contributed by atoms with Crippen LogP contribution in [-0.4, -0.2) is 30.6 Å². The van der Waals surface area contributed by atoms with Gasteiger partial charge < -0.3 is 5.23 Å². The zero-order valence-corrected chi connectivity index (χ0v) is 7.34. The number of rotatable bonds is 2. The summed E-state index contributed by atoms with van der Waals surface area (Å²) in [6.07, 6.45) is 3.40. The van der Waals surface area contributed by atoms with Gasteiger partial charge in [-0.2, -0.15) is 5.10 Å². The van der Waals surface area contributed by atoms with Gasteiger partial charge in [0.1, 0.15) is 0 Å². The van der Waals surface area contributed by atoms with E-state index in [2.05, 4.69) is 10.3 Å². The fourth-order valence-corrected chi connectivity index (χ4v) is 1.22. The molecule has 6 heteroatoms. The molecule has 0 bridgehead atoms. The molecule has 0 unspecified atom stereocenters. The highest BCUT2D eigenvalue weighted by Crippen LogP contribution is 2.05. The summed E-state index contributed by atoms with van der Waals surface area (Å²) in [7, 11) is 6.20. The second-order valence-corrected chi connectivity index (χ2v) is 2.76. The van der Waals surface area contributed by atoms with Crippen molar-refractivity contribution >= 4 is 26.5 Å². The summed E-state index contributed by atoms with van der Waals surface area (Å²) >= 11 is 0. The highest BCUT2D eigenvalue weighted by Gasteiger charge is 2.04. The third-order valence-electron chi connectivity index (χ3n) is 1.88. The summed E-state index contributed by atoms with van der Waals surface area (Å²) in [5.41, 5.74) is 1.43. The lowest BCUT2D eigenvalue weighted by atomic mass is 9.67. The van der Waals surface area contributed by atoms with Gasteiger partial charge in [0.2, 0.25) is 5.91 Å². The van der Waals surface area contributed by atoms with Gasteiger partial charge in [0.05, 0.1) is 5.52 Å². The molecule has 3 radical (unpaired) electrons. The molecule has 2 rings (SSSR count). The van der Waals surface area contributed by atoms with E-state index in [1.54, 1.807) is 29.0 Å². The average molecular weight is 182 g/mol. The first kappa shape index (κ1) is 8.87. The summed E-state index contributed by atoms with van der Waals surface area (Å²) in [4.78, 5) is 11.4. The Hall–Kier alpha value is -1.71. The van der Waals surface area contributed by atoms with Crippen molar-refractivity contribution in [3.63, 3.8) is 0 Å². The molecule has 0 spiro atoms. The molecule has 0 aliphatic rings. The standard InChI is InChI=1S/C8H6B2N3O/c9-10-12-8(14)6-2-4-13-7(5-6)1-3-11-13/h1-5H,(H,12,14). The maximum absolute atomic E-state index is 11.4. The number of pyridine rings is 1. The first-order valence-electron chi connectivity index (χ1n) is 4.09. The summed E-state index contributed by atoms with van der Waals surface area (Å²) in [6.45, 7) is 0. The Morgan fingerprint density at radius 2 is 2.43 bits per heavy atom. The van der Waals surface area contributed by atoms with Gasteiger partial charge in [0.25, 0.3) is 0 Å². The fourth-order valence-electron chi connectivity index (χ4n) is 1.22. The third kappa shape index (κ3) is 1.51. The Morgan fingerprint density at radius 3 is 3.21 bits per heavy atom. The van der Waals surface area contributed by atoms with Crippen LogP contribution in [0.1, 0.15) is 10.4 Å². The highest BCUT2D eigenvalue weighted by atomic mass is 16.1. The predicted molar refractivity (Wildman–Crippen MR) is 54.2 cm³/mol. The summed E-state index contributed by atoms with van der Waals surface area (Å²) in [5.74, 6) is -0.226. The smallest absolute Gasteiger partial charge is 0.238 e. The topological polar surface area (TPSA) is 46.4 Å². The minimum atomic E-state index is -0.226. The lowest BCUT2D eigenvalue weighted by Crippen LogP contribution is -2.27. The van der Waals surface area contributed by atoms with E-state index >= 15 is 0 Å². The molecule has 65 valence electrons. The molecule has 0 saturated carbocycles. The lowest BCUT2D eigenvalue weighted by molar-refractivity contribution is 0.0981. The van der Waals surface area contributed by atoms with Crippen LogP contribution in [0.15, 0.2) is 30.6 Å². The molecule has 1 amide bonds. The number of hydrogen-bond acceptors (Lipinski definition) is 2. The van der Waals surface area contributed by atoms with E-state index in [0.717, 1.165) is 12.8 Å². The van der Waals surface area contributed by atoms with Gasteiger partial charge in [-0.1, -0.05) is 0 Å². The van der Waals surface area contributed by atoms with Crippen molar-refractivity contribution in [2.24, 2.45) is 0 Å². The van der Waals surface area contributed by atoms with Gasteiger partial charge >= 0.3 is 0 Å². The number of fused-ring (bicyclic) bond motifs is 1. The largest absolute Gasteiger partial charge is 0.409 e. The van der Waals surface area contributed by atoms with Crippen LogP contribution in [0.25, 0.3) is 5.52 Å². The Morgan fingerprint density at radius 1 is 1.57 bits per heavy atom. The minimum absolute atomic E-state index is 0.226. The molecule has 2 heterocycles. The van der Waals surface area contributed by atoms with Crippen LogP contribution in [0.4, 0.5) is 0 Å². The van der Waals surface area contributed by atoms with Crippen LogP contribution in [0.3, 0.4) is 0 Å². The van der Waals surface area contributed by atoms with Gasteiger partial charge in [-0.3, -0.25) is 4.79 Å². The van der Waals surface area contributed by atoms with E-state index in [1.165, 1.54) is 0 Å². The van der Waals surface area contributed by atoms with Crippen molar-refractivity contribution in [2.75, 3.05) is 0 Å². The van der Waals surface area contributed by atoms with Crippen molar-refractivity contribution in [1.82, 2.24) is 14.8 Å². The number of amides is 1. The fraction of sp³-hybridized carbons (Fsp3) is 0. The quantitative estimate of drug-likeness (QED) is 0.651. The molecule has 2 aromatic rings. The second kappa shape index (κ2) is 3.57. The molecule has 0 aliphatic heterocycles. The number of nitrogens with zero attached hydrogens (tertiary/aromatic N) is 2. The van der Waals surface area contributed by atoms with Crippen molar-refractivity contribution in [3.8, 4) is 0 Å². The summed E-state index contributed by atoms with van der Waals surface area (Å²) in [6, 6.07) is 5.24. The number of nitrogens with one attached hydrogen (secondary N) is 1. The van der Waals surface area contributed by atoms with Gasteiger partial charge in [0.15, 0.2) is 7.31 Å². The molecule has 0 aromatic carbocycles. The zero-order chi connectivity index (χ0) is 9.97. The SMILES string of the molecule is [B][B]NC(=O)c1ccn2nccc2c1. The van der Waals surface area contributed by atoms with E-state index in [1.807, 2.05) is 6.07 Å². The molecule has 4 nitrogen and oxygen atoms in total. The van der Waals surface area contributed by atoms with E-state index < -0.39 is 0 Å². The number of carbonyl (C=O) groups is 1. The van der Waals surface area contributed by atoms with Crippen molar-refractivity contribution in [2.45, 2.75) is 0 Å². The third-order valence-corrected chi connectivity index (χ3v) is 1.88. The first-order chi connectivity index (χ1) is 6.81. The van der Waals surface area contributed by atoms with Crippen molar-refractivity contribution < 1.29 is 4.79 Å². The van der Waals surface area contributed by atoms with Crippen LogP contribution in [0.5, 0.6) is 0 Å². The molecule has 0 aliphatic carbocycles. The molecule has 1 N–H and O–H groups in total. The lowest BCUT2D eigenvalue weighted by Gasteiger charge is -2.01. The molecule has 0 saturated heterocycles. The van der Waals surface area contributed by atoms with E-state index in [4.69, 9.17) is 7.74 Å². The maximum atomic E-state index is 11.4. The van der Waals surface area contributed by atoms with Crippen LogP contribution in [0.2, 0.25) is 0 Å². The Labute approximate surface area is 83.0 Å². The van der Waals surface area contributed by atoms with Gasteiger partial charge in [-0.25, -0.2) is 4.52 Å². The normalized spacial score (nSPS) is 10.0. The first-order valence-corrected chi connectivity index (χ1v) is 4.09. The van der Waals surface area contributed by atoms with E-state index in [-0.39, 0.29) is 5.91 Å². The Kier molecular flexibility index (Phi) is 2.26. The molecule has 0 fully saturated rings. The van der Waals surface area contributed by atoms with Crippen LogP contribution < -0.4 is 5.23 Å². The van der Waals surface area contributed by atoms with Crippen LogP contribution >= 0.6 is 0 Å². The zero-order valence-electron chi connectivity index (χ0n) is 7.34. The van der Waals surface area contributed by atoms with Crippen molar-refractivity contribution in [1.29, 1.82) is 0 Å². The Balaban J connectivity index is 2.38. The number of hydrogen-bond donors (Lipinski definition) is 1. The van der Waals surface area contributed by atoms with Gasteiger partial charge in [0, 0.05) is 25.7 Å². The summed E-state index contributed by atoms with van der Waals surface area (Å²) in [5, 5.41) is 6.42. The molecule has 2 aromatic heterocycles. The molecular formula is C8H6B2N3O. The maximum Gasteiger partial charge on any atom is 0.238 e.